The molecule has 1 aromatic heterocycles. The van der Waals surface area contributed by atoms with Crippen molar-refractivity contribution in [1.82, 2.24) is 10.5 Å². The Balaban J connectivity index is 1.40. The molecular weight excluding hydrogens is 396 g/mol. The summed E-state index contributed by atoms with van der Waals surface area (Å²) in [5.41, 5.74) is 4.63. The third kappa shape index (κ3) is 6.44. The van der Waals surface area contributed by atoms with Crippen LogP contribution in [0.3, 0.4) is 0 Å². The fourth-order valence-electron chi connectivity index (χ4n) is 2.98. The van der Waals surface area contributed by atoms with E-state index in [0.717, 1.165) is 33.7 Å². The van der Waals surface area contributed by atoms with Gasteiger partial charge in [0.2, 0.25) is 0 Å². The molecule has 0 radical (unpaired) electrons. The van der Waals surface area contributed by atoms with Crippen LogP contribution in [0.25, 0.3) is 0 Å². The zero-order chi connectivity index (χ0) is 22.2. The lowest BCUT2D eigenvalue weighted by Crippen LogP contribution is -2.28. The molecule has 1 amide bonds. The van der Waals surface area contributed by atoms with E-state index in [1.54, 1.807) is 24.3 Å². The van der Waals surface area contributed by atoms with Crippen LogP contribution in [0.15, 0.2) is 53.1 Å². The molecule has 0 unspecified atom stereocenters. The second-order valence-corrected chi connectivity index (χ2v) is 7.28. The first-order valence-electron chi connectivity index (χ1n) is 10.0. The molecule has 162 valence electrons. The van der Waals surface area contributed by atoms with E-state index in [1.165, 1.54) is 0 Å². The van der Waals surface area contributed by atoms with Crippen LogP contribution in [0.1, 0.15) is 33.7 Å². The van der Waals surface area contributed by atoms with E-state index >= 15 is 0 Å². The summed E-state index contributed by atoms with van der Waals surface area (Å²) in [4.78, 5) is 24.0. The molecule has 3 rings (SSSR count). The highest BCUT2D eigenvalue weighted by Gasteiger charge is 2.11. The summed E-state index contributed by atoms with van der Waals surface area (Å²) >= 11 is 0. The molecule has 31 heavy (non-hydrogen) atoms. The summed E-state index contributed by atoms with van der Waals surface area (Å²) in [5, 5.41) is 6.66. The highest BCUT2D eigenvalue weighted by molar-refractivity contribution is 5.81. The van der Waals surface area contributed by atoms with Crippen molar-refractivity contribution >= 4 is 11.9 Å². The van der Waals surface area contributed by atoms with Gasteiger partial charge in [0.1, 0.15) is 18.1 Å². The topological polar surface area (TPSA) is 90.7 Å². The Hall–Kier alpha value is -3.61. The van der Waals surface area contributed by atoms with Crippen LogP contribution in [0.2, 0.25) is 0 Å². The molecule has 0 fully saturated rings. The Morgan fingerprint density at radius 1 is 1.03 bits per heavy atom. The number of esters is 1. The monoisotopic (exact) mass is 422 g/mol. The fourth-order valence-corrected chi connectivity index (χ4v) is 2.98. The lowest BCUT2D eigenvalue weighted by Gasteiger charge is -2.09. The van der Waals surface area contributed by atoms with E-state index in [2.05, 4.69) is 10.5 Å². The molecule has 7 nitrogen and oxygen atoms in total. The molecule has 3 aromatic rings. The third-order valence-corrected chi connectivity index (χ3v) is 4.94. The summed E-state index contributed by atoms with van der Waals surface area (Å²) in [6.07, 6.45) is 0.0786. The molecule has 0 atom stereocenters. The number of carbonyl (C=O) groups is 2. The second-order valence-electron chi connectivity index (χ2n) is 7.28. The summed E-state index contributed by atoms with van der Waals surface area (Å²) < 4.78 is 16.0. The van der Waals surface area contributed by atoms with Gasteiger partial charge in [-0.05, 0) is 49.6 Å². The zero-order valence-electron chi connectivity index (χ0n) is 17.9. The van der Waals surface area contributed by atoms with Crippen molar-refractivity contribution in [1.29, 1.82) is 0 Å². The summed E-state index contributed by atoms with van der Waals surface area (Å²) in [6.45, 7) is 6.15. The molecule has 0 aliphatic heterocycles. The average molecular weight is 422 g/mol. The normalized spacial score (nSPS) is 10.5. The van der Waals surface area contributed by atoms with Gasteiger partial charge in [-0.15, -0.1) is 0 Å². The number of aryl methyl sites for hydroxylation is 3. The Kier molecular flexibility index (Phi) is 7.43. The number of ether oxygens (including phenoxy) is 2. The minimum atomic E-state index is -0.463. The molecule has 0 saturated carbocycles. The van der Waals surface area contributed by atoms with Gasteiger partial charge in [-0.3, -0.25) is 9.59 Å². The number of nitrogens with one attached hydrogen (secondary N) is 1. The maximum absolute atomic E-state index is 12.0. The van der Waals surface area contributed by atoms with Crippen LogP contribution in [-0.4, -0.2) is 23.6 Å². The number of hydrogen-bond donors (Lipinski definition) is 1. The Morgan fingerprint density at radius 3 is 2.45 bits per heavy atom. The number of benzene rings is 2. The lowest BCUT2D eigenvalue weighted by molar-refractivity contribution is -0.147. The molecule has 0 aliphatic carbocycles. The molecular formula is C24H26N2O5. The minimum absolute atomic E-state index is 0.0786. The highest BCUT2D eigenvalue weighted by atomic mass is 16.5. The number of rotatable bonds is 9. The largest absolute Gasteiger partial charge is 0.489 e. The van der Waals surface area contributed by atoms with Gasteiger partial charge in [0.15, 0.2) is 6.61 Å². The smallest absolute Gasteiger partial charge is 0.310 e. The first-order valence-corrected chi connectivity index (χ1v) is 10.0. The van der Waals surface area contributed by atoms with Gasteiger partial charge in [0.25, 0.3) is 5.91 Å². The maximum atomic E-state index is 12.0. The first kappa shape index (κ1) is 22.1. The molecule has 0 aliphatic rings. The predicted octanol–water partition coefficient (Wildman–Crippen LogP) is 3.58. The van der Waals surface area contributed by atoms with E-state index in [9.17, 15) is 9.59 Å². The van der Waals surface area contributed by atoms with Crippen LogP contribution in [-0.2, 0) is 33.9 Å². The van der Waals surface area contributed by atoms with E-state index in [-0.39, 0.29) is 18.9 Å². The number of hydrogen-bond acceptors (Lipinski definition) is 6. The quantitative estimate of drug-likeness (QED) is 0.530. The molecule has 0 spiro atoms. The average Bonchev–Trinajstić information content (AvgIpc) is 3.08. The summed E-state index contributed by atoms with van der Waals surface area (Å²) in [6, 6.07) is 15.0. The summed E-state index contributed by atoms with van der Waals surface area (Å²) in [7, 11) is 0. The fraction of sp³-hybridized carbons (Fsp3) is 0.292. The van der Waals surface area contributed by atoms with Gasteiger partial charge in [-0.25, -0.2) is 0 Å². The van der Waals surface area contributed by atoms with E-state index in [0.29, 0.717) is 18.9 Å². The van der Waals surface area contributed by atoms with Gasteiger partial charge >= 0.3 is 5.97 Å². The Morgan fingerprint density at radius 2 is 1.77 bits per heavy atom. The molecule has 2 aromatic carbocycles. The van der Waals surface area contributed by atoms with Crippen LogP contribution in [0.5, 0.6) is 5.75 Å². The molecule has 0 saturated heterocycles. The van der Waals surface area contributed by atoms with Crippen molar-refractivity contribution < 1.29 is 23.6 Å². The van der Waals surface area contributed by atoms with Crippen molar-refractivity contribution in [2.75, 3.05) is 6.61 Å². The SMILES string of the molecule is Cc1ccccc1CNC(=O)COC(=O)Cc1ccc(OCc2c(C)noc2C)cc1. The van der Waals surface area contributed by atoms with Crippen molar-refractivity contribution in [2.24, 2.45) is 0 Å². The van der Waals surface area contributed by atoms with Gasteiger partial charge < -0.3 is 19.3 Å². The van der Waals surface area contributed by atoms with Crippen molar-refractivity contribution in [3.05, 3.63) is 82.2 Å². The zero-order valence-corrected chi connectivity index (χ0v) is 17.9. The lowest BCUT2D eigenvalue weighted by atomic mass is 10.1. The Bertz CT molecular complexity index is 1020. The number of aromatic nitrogens is 1. The van der Waals surface area contributed by atoms with E-state index in [4.69, 9.17) is 14.0 Å². The van der Waals surface area contributed by atoms with Crippen LogP contribution in [0, 0.1) is 20.8 Å². The Labute approximate surface area is 181 Å². The first-order chi connectivity index (χ1) is 14.9. The predicted molar refractivity (Wildman–Crippen MR) is 114 cm³/mol. The molecule has 7 heteroatoms. The van der Waals surface area contributed by atoms with Gasteiger partial charge in [-0.1, -0.05) is 41.6 Å². The van der Waals surface area contributed by atoms with Gasteiger partial charge in [-0.2, -0.15) is 0 Å². The molecule has 0 bridgehead atoms. The van der Waals surface area contributed by atoms with Crippen LogP contribution in [0.4, 0.5) is 0 Å². The number of nitrogens with zero attached hydrogens (tertiary/aromatic N) is 1. The van der Waals surface area contributed by atoms with E-state index < -0.39 is 5.97 Å². The summed E-state index contributed by atoms with van der Waals surface area (Å²) in [5.74, 6) is 0.614. The molecule has 1 N–H and O–H groups in total. The van der Waals surface area contributed by atoms with Gasteiger partial charge in [0.05, 0.1) is 17.7 Å². The van der Waals surface area contributed by atoms with Crippen molar-refractivity contribution in [3.63, 3.8) is 0 Å². The van der Waals surface area contributed by atoms with E-state index in [1.807, 2.05) is 45.0 Å². The highest BCUT2D eigenvalue weighted by Crippen LogP contribution is 2.18. The number of amides is 1. The van der Waals surface area contributed by atoms with Crippen molar-refractivity contribution in [2.45, 2.75) is 40.3 Å². The van der Waals surface area contributed by atoms with Crippen molar-refractivity contribution in [3.8, 4) is 5.75 Å². The maximum Gasteiger partial charge on any atom is 0.310 e. The molecule has 1 heterocycles. The standard InChI is InChI=1S/C24H26N2O5/c1-16-6-4-5-7-20(16)13-25-23(27)15-30-24(28)12-19-8-10-21(11-9-19)29-14-22-17(2)26-31-18(22)3/h4-11H,12-15H2,1-3H3,(H,25,27). The van der Waals surface area contributed by atoms with Crippen LogP contribution >= 0.6 is 0 Å². The number of carbonyl (C=O) groups excluding carboxylic acids is 2. The second kappa shape index (κ2) is 10.4. The third-order valence-electron chi connectivity index (χ3n) is 4.94. The van der Waals surface area contributed by atoms with Gasteiger partial charge in [0, 0.05) is 6.54 Å². The minimum Gasteiger partial charge on any atom is -0.489 e. The van der Waals surface area contributed by atoms with Crippen LogP contribution < -0.4 is 10.1 Å².